The van der Waals surface area contributed by atoms with Crippen LogP contribution in [0.4, 0.5) is 5.69 Å². The van der Waals surface area contributed by atoms with Crippen LogP contribution in [-0.2, 0) is 14.6 Å². The average Bonchev–Trinajstić information content (AvgIpc) is 2.77. The van der Waals surface area contributed by atoms with E-state index in [2.05, 4.69) is 5.32 Å². The zero-order valence-electron chi connectivity index (χ0n) is 12.7. The molecule has 2 rings (SSSR count). The van der Waals surface area contributed by atoms with Gasteiger partial charge in [0, 0.05) is 18.8 Å². The molecule has 1 aromatic rings. The van der Waals surface area contributed by atoms with Crippen LogP contribution < -0.4 is 5.32 Å². The van der Waals surface area contributed by atoms with E-state index in [0.717, 1.165) is 16.8 Å². The van der Waals surface area contributed by atoms with Crippen molar-refractivity contribution in [3.05, 3.63) is 29.3 Å². The Morgan fingerprint density at radius 2 is 1.95 bits per heavy atom. The highest BCUT2D eigenvalue weighted by atomic mass is 32.2. The van der Waals surface area contributed by atoms with Crippen molar-refractivity contribution in [2.45, 2.75) is 26.3 Å². The minimum absolute atomic E-state index is 0.0820. The maximum atomic E-state index is 12.2. The van der Waals surface area contributed by atoms with Gasteiger partial charge in [0.15, 0.2) is 9.84 Å². The van der Waals surface area contributed by atoms with E-state index in [9.17, 15) is 13.2 Å². The van der Waals surface area contributed by atoms with Crippen LogP contribution in [0.2, 0.25) is 0 Å². The van der Waals surface area contributed by atoms with E-state index in [1.807, 2.05) is 32.0 Å². The predicted molar refractivity (Wildman–Crippen MR) is 84.2 cm³/mol. The second-order valence-electron chi connectivity index (χ2n) is 5.68. The number of rotatable bonds is 4. The first-order valence-electron chi connectivity index (χ1n) is 7.06. The van der Waals surface area contributed by atoms with Crippen LogP contribution in [0.15, 0.2) is 18.2 Å². The molecule has 0 bridgehead atoms. The molecule has 116 valence electrons. The van der Waals surface area contributed by atoms with E-state index in [0.29, 0.717) is 6.42 Å². The van der Waals surface area contributed by atoms with Crippen molar-refractivity contribution >= 4 is 21.4 Å². The Hall–Kier alpha value is -1.56. The summed E-state index contributed by atoms with van der Waals surface area (Å²) in [5.41, 5.74) is 3.15. The SMILES string of the molecule is Cc1cccc(C)c1NCC(=O)N(C)C1CCS(=O)(=O)C1. The van der Waals surface area contributed by atoms with Gasteiger partial charge in [0.05, 0.1) is 18.1 Å². The molecule has 1 N–H and O–H groups in total. The lowest BCUT2D eigenvalue weighted by atomic mass is 10.1. The van der Waals surface area contributed by atoms with Crippen LogP contribution in [0.3, 0.4) is 0 Å². The van der Waals surface area contributed by atoms with E-state index in [1.165, 1.54) is 0 Å². The molecule has 0 aliphatic carbocycles. The zero-order valence-corrected chi connectivity index (χ0v) is 13.5. The quantitative estimate of drug-likeness (QED) is 0.912. The molecule has 21 heavy (non-hydrogen) atoms. The normalized spacial score (nSPS) is 20.2. The number of likely N-dealkylation sites (N-methyl/N-ethyl adjacent to an activating group) is 1. The van der Waals surface area contributed by atoms with E-state index in [4.69, 9.17) is 0 Å². The van der Waals surface area contributed by atoms with Gasteiger partial charge in [-0.2, -0.15) is 0 Å². The summed E-state index contributed by atoms with van der Waals surface area (Å²) in [5, 5.41) is 3.17. The molecule has 0 spiro atoms. The van der Waals surface area contributed by atoms with Crippen molar-refractivity contribution in [3.8, 4) is 0 Å². The third-order valence-corrected chi connectivity index (χ3v) is 5.80. The Morgan fingerprint density at radius 1 is 1.33 bits per heavy atom. The monoisotopic (exact) mass is 310 g/mol. The van der Waals surface area contributed by atoms with Crippen LogP contribution in [-0.4, -0.2) is 50.4 Å². The average molecular weight is 310 g/mol. The van der Waals surface area contributed by atoms with Crippen molar-refractivity contribution < 1.29 is 13.2 Å². The minimum atomic E-state index is -2.97. The largest absolute Gasteiger partial charge is 0.376 e. The van der Waals surface area contributed by atoms with Gasteiger partial charge in [-0.15, -0.1) is 0 Å². The highest BCUT2D eigenvalue weighted by Crippen LogP contribution is 2.20. The maximum Gasteiger partial charge on any atom is 0.241 e. The standard InChI is InChI=1S/C15H22N2O3S/c1-11-5-4-6-12(2)15(11)16-9-14(18)17(3)13-7-8-21(19,20)10-13/h4-6,13,16H,7-10H2,1-3H3. The lowest BCUT2D eigenvalue weighted by molar-refractivity contribution is -0.129. The fraction of sp³-hybridized carbons (Fsp3) is 0.533. The molecule has 0 aromatic heterocycles. The molecule has 6 heteroatoms. The molecular weight excluding hydrogens is 288 g/mol. The van der Waals surface area contributed by atoms with Crippen LogP contribution in [0.1, 0.15) is 17.5 Å². The molecule has 1 aliphatic heterocycles. The lowest BCUT2D eigenvalue weighted by Gasteiger charge is -2.24. The summed E-state index contributed by atoms with van der Waals surface area (Å²) in [6, 6.07) is 5.77. The third-order valence-electron chi connectivity index (χ3n) is 4.05. The highest BCUT2D eigenvalue weighted by Gasteiger charge is 2.32. The molecule has 1 aromatic carbocycles. The summed E-state index contributed by atoms with van der Waals surface area (Å²) >= 11 is 0. The number of carbonyl (C=O) groups excluding carboxylic acids is 1. The minimum Gasteiger partial charge on any atom is -0.376 e. The summed E-state index contributed by atoms with van der Waals surface area (Å²) in [6.07, 6.45) is 0.536. The van der Waals surface area contributed by atoms with Crippen LogP contribution >= 0.6 is 0 Å². The Bertz CT molecular complexity index is 620. The number of sulfone groups is 1. The first-order chi connectivity index (χ1) is 9.80. The van der Waals surface area contributed by atoms with E-state index in [1.54, 1.807) is 11.9 Å². The smallest absolute Gasteiger partial charge is 0.241 e. The highest BCUT2D eigenvalue weighted by molar-refractivity contribution is 7.91. The first-order valence-corrected chi connectivity index (χ1v) is 8.88. The number of hydrogen-bond donors (Lipinski definition) is 1. The topological polar surface area (TPSA) is 66.5 Å². The maximum absolute atomic E-state index is 12.2. The molecule has 0 saturated carbocycles. The molecule has 1 unspecified atom stereocenters. The molecule has 1 saturated heterocycles. The second kappa shape index (κ2) is 6.05. The van der Waals surface area contributed by atoms with Crippen LogP contribution in [0.5, 0.6) is 0 Å². The zero-order chi connectivity index (χ0) is 15.6. The third kappa shape index (κ3) is 3.75. The molecule has 1 heterocycles. The van der Waals surface area contributed by atoms with E-state index < -0.39 is 9.84 Å². The number of hydrogen-bond acceptors (Lipinski definition) is 4. The Morgan fingerprint density at radius 3 is 2.48 bits per heavy atom. The molecule has 1 amide bonds. The number of carbonyl (C=O) groups is 1. The number of para-hydroxylation sites is 1. The summed E-state index contributed by atoms with van der Waals surface area (Å²) in [7, 11) is -1.29. The molecule has 1 atom stereocenters. The number of anilines is 1. The first kappa shape index (κ1) is 15.8. The van der Waals surface area contributed by atoms with Gasteiger partial charge in [-0.3, -0.25) is 4.79 Å². The van der Waals surface area contributed by atoms with Crippen LogP contribution in [0, 0.1) is 13.8 Å². The van der Waals surface area contributed by atoms with E-state index >= 15 is 0 Å². The predicted octanol–water partition coefficient (Wildman–Crippen LogP) is 1.36. The number of benzene rings is 1. The Kier molecular flexibility index (Phi) is 4.56. The van der Waals surface area contributed by atoms with Crippen molar-refractivity contribution in [2.75, 3.05) is 30.4 Å². The number of nitrogens with one attached hydrogen (secondary N) is 1. The molecule has 1 aliphatic rings. The van der Waals surface area contributed by atoms with Gasteiger partial charge in [0.2, 0.25) is 5.91 Å². The van der Waals surface area contributed by atoms with Gasteiger partial charge in [-0.25, -0.2) is 8.42 Å². The summed E-state index contributed by atoms with van der Waals surface area (Å²) in [5.74, 6) is 0.179. The molecule has 5 nitrogen and oxygen atoms in total. The fourth-order valence-corrected chi connectivity index (χ4v) is 4.44. The molecule has 1 fully saturated rings. The number of nitrogens with zero attached hydrogens (tertiary/aromatic N) is 1. The molecular formula is C15H22N2O3S. The summed E-state index contributed by atoms with van der Waals surface area (Å²) < 4.78 is 23.0. The lowest BCUT2D eigenvalue weighted by Crippen LogP contribution is -2.41. The number of aryl methyl sites for hydroxylation is 2. The molecule has 0 radical (unpaired) electrons. The van der Waals surface area contributed by atoms with Crippen molar-refractivity contribution in [1.82, 2.24) is 4.90 Å². The van der Waals surface area contributed by atoms with Gasteiger partial charge in [0.25, 0.3) is 0 Å². The Balaban J connectivity index is 1.96. The fourth-order valence-electron chi connectivity index (χ4n) is 2.67. The summed E-state index contributed by atoms with van der Waals surface area (Å²) in [6.45, 7) is 4.17. The summed E-state index contributed by atoms with van der Waals surface area (Å²) in [4.78, 5) is 13.8. The number of amides is 1. The van der Waals surface area contributed by atoms with E-state index in [-0.39, 0.29) is 30.0 Å². The van der Waals surface area contributed by atoms with Crippen LogP contribution in [0.25, 0.3) is 0 Å². The van der Waals surface area contributed by atoms with Crippen molar-refractivity contribution in [2.24, 2.45) is 0 Å². The Labute approximate surface area is 126 Å². The van der Waals surface area contributed by atoms with Gasteiger partial charge < -0.3 is 10.2 Å². The van der Waals surface area contributed by atoms with Gasteiger partial charge >= 0.3 is 0 Å². The van der Waals surface area contributed by atoms with Gasteiger partial charge in [-0.05, 0) is 31.4 Å². The van der Waals surface area contributed by atoms with Crippen molar-refractivity contribution in [3.63, 3.8) is 0 Å². The van der Waals surface area contributed by atoms with Gasteiger partial charge in [-0.1, -0.05) is 18.2 Å². The van der Waals surface area contributed by atoms with Crippen molar-refractivity contribution in [1.29, 1.82) is 0 Å². The van der Waals surface area contributed by atoms with Gasteiger partial charge in [0.1, 0.15) is 0 Å². The second-order valence-corrected chi connectivity index (χ2v) is 7.91.